The van der Waals surface area contributed by atoms with Crippen molar-refractivity contribution in [2.45, 2.75) is 34.0 Å². The lowest BCUT2D eigenvalue weighted by Gasteiger charge is -2.26. The molecule has 0 spiro atoms. The van der Waals surface area contributed by atoms with Gasteiger partial charge in [-0.1, -0.05) is 64.7 Å². The van der Waals surface area contributed by atoms with Crippen molar-refractivity contribution in [1.82, 2.24) is 5.32 Å². The first kappa shape index (κ1) is 31.6. The van der Waals surface area contributed by atoms with Crippen molar-refractivity contribution in [2.24, 2.45) is 0 Å². The first-order valence-corrected chi connectivity index (χ1v) is 14.9. The van der Waals surface area contributed by atoms with Gasteiger partial charge in [0.25, 0.3) is 11.8 Å². The Labute approximate surface area is 271 Å². The Hall–Kier alpha value is -4.79. The summed E-state index contributed by atoms with van der Waals surface area (Å²) < 4.78 is 17.7. The minimum Gasteiger partial charge on any atom is -0.490 e. The van der Waals surface area contributed by atoms with E-state index in [1.807, 2.05) is 20.8 Å². The van der Waals surface area contributed by atoms with Crippen LogP contribution in [0.5, 0.6) is 17.2 Å². The minimum atomic E-state index is -0.853. The van der Waals surface area contributed by atoms with Crippen molar-refractivity contribution in [1.29, 1.82) is 0 Å². The first-order valence-electron chi connectivity index (χ1n) is 14.2. The Kier molecular flexibility index (Phi) is 9.76. The predicted octanol–water partition coefficient (Wildman–Crippen LogP) is 7.83. The molecule has 8 nitrogen and oxygen atoms in total. The van der Waals surface area contributed by atoms with E-state index < -0.39 is 17.8 Å². The number of halogens is 2. The summed E-state index contributed by atoms with van der Waals surface area (Å²) in [5.41, 5.74) is 4.64. The molecular weight excluding hydrogens is 615 g/mol. The van der Waals surface area contributed by atoms with E-state index in [4.69, 9.17) is 37.4 Å². The monoisotopic (exact) mass is 644 g/mol. The van der Waals surface area contributed by atoms with Gasteiger partial charge in [0.05, 0.1) is 12.3 Å². The van der Waals surface area contributed by atoms with Crippen LogP contribution in [-0.2, 0) is 22.8 Å². The van der Waals surface area contributed by atoms with Crippen molar-refractivity contribution in [3.63, 3.8) is 0 Å². The molecule has 0 aromatic heterocycles. The third-order valence-corrected chi connectivity index (χ3v) is 7.45. The van der Waals surface area contributed by atoms with Gasteiger partial charge in [-0.05, 0) is 86.5 Å². The summed E-state index contributed by atoms with van der Waals surface area (Å²) in [4.78, 5) is 39.9. The predicted molar refractivity (Wildman–Crippen MR) is 174 cm³/mol. The van der Waals surface area contributed by atoms with E-state index in [1.54, 1.807) is 60.7 Å². The van der Waals surface area contributed by atoms with E-state index in [2.05, 4.69) is 23.5 Å². The van der Waals surface area contributed by atoms with Gasteiger partial charge in [0.15, 0.2) is 11.5 Å². The fourth-order valence-electron chi connectivity index (χ4n) is 4.87. The molecule has 5 rings (SSSR count). The van der Waals surface area contributed by atoms with Crippen LogP contribution in [0.15, 0.2) is 84.4 Å². The summed E-state index contributed by atoms with van der Waals surface area (Å²) in [6, 6.07) is 21.9. The molecule has 0 radical (unpaired) electrons. The second-order valence-electron chi connectivity index (χ2n) is 10.4. The quantitative estimate of drug-likeness (QED) is 0.140. The largest absolute Gasteiger partial charge is 0.490 e. The Balaban J connectivity index is 1.32. The summed E-state index contributed by atoms with van der Waals surface area (Å²) in [5, 5.41) is 3.25. The highest BCUT2D eigenvalue weighted by molar-refractivity contribution is 6.39. The van der Waals surface area contributed by atoms with Gasteiger partial charge in [-0.2, -0.15) is 0 Å². The van der Waals surface area contributed by atoms with Gasteiger partial charge in [-0.15, -0.1) is 0 Å². The number of aryl methyl sites for hydroxylation is 2. The molecular formula is C35H30Cl2N2O6. The normalized spacial score (nSPS) is 14.0. The van der Waals surface area contributed by atoms with Crippen molar-refractivity contribution in [3.8, 4) is 17.2 Å². The Morgan fingerprint density at radius 3 is 2.20 bits per heavy atom. The molecule has 1 saturated heterocycles. The molecule has 1 aliphatic heterocycles. The topological polar surface area (TPSA) is 94.2 Å². The SMILES string of the molecule is CCOc1cc(/C=C2\C(=O)NC(=O)N(c3ccc(OCc4ccc(Cl)cc4Cl)cc3)C2=O)ccc1OCc1cc(C)cc(C)c1. The number of ether oxygens (including phenoxy) is 3. The fourth-order valence-corrected chi connectivity index (χ4v) is 5.33. The number of carbonyl (C=O) groups is 3. The van der Waals surface area contributed by atoms with Crippen LogP contribution in [-0.4, -0.2) is 24.5 Å². The average molecular weight is 646 g/mol. The molecule has 4 aromatic rings. The number of rotatable bonds is 10. The third kappa shape index (κ3) is 7.66. The van der Waals surface area contributed by atoms with Crippen LogP contribution in [0.2, 0.25) is 10.0 Å². The molecule has 1 heterocycles. The number of imide groups is 2. The van der Waals surface area contributed by atoms with E-state index >= 15 is 0 Å². The Bertz CT molecular complexity index is 1780. The van der Waals surface area contributed by atoms with Crippen molar-refractivity contribution in [3.05, 3.63) is 122 Å². The van der Waals surface area contributed by atoms with E-state index in [1.165, 1.54) is 6.08 Å². The molecule has 4 amide bonds. The second-order valence-corrected chi connectivity index (χ2v) is 11.2. The standard InChI is InChI=1S/C35H30Cl2N2O6/c1-4-43-32-17-23(5-12-31(32)45-19-24-14-21(2)13-22(3)15-24)16-29-33(40)38-35(42)39(34(29)41)27-8-10-28(11-9-27)44-20-25-6-7-26(36)18-30(25)37/h5-18H,4,19-20H2,1-3H3,(H,38,40,42)/b29-16+. The summed E-state index contributed by atoms with van der Waals surface area (Å²) in [6.07, 6.45) is 1.42. The molecule has 10 heteroatoms. The lowest BCUT2D eigenvalue weighted by molar-refractivity contribution is -0.122. The number of nitrogens with zero attached hydrogens (tertiary/aromatic N) is 1. The van der Waals surface area contributed by atoms with Crippen LogP contribution in [0.3, 0.4) is 0 Å². The third-order valence-electron chi connectivity index (χ3n) is 6.86. The van der Waals surface area contributed by atoms with Gasteiger partial charge in [-0.25, -0.2) is 9.69 Å². The fraction of sp³-hybridized carbons (Fsp3) is 0.171. The molecule has 45 heavy (non-hydrogen) atoms. The maximum Gasteiger partial charge on any atom is 0.335 e. The summed E-state index contributed by atoms with van der Waals surface area (Å²) >= 11 is 12.2. The van der Waals surface area contributed by atoms with Gasteiger partial charge in [0.2, 0.25) is 0 Å². The Morgan fingerprint density at radius 2 is 1.51 bits per heavy atom. The minimum absolute atomic E-state index is 0.193. The van der Waals surface area contributed by atoms with Gasteiger partial charge in [0.1, 0.15) is 24.5 Å². The smallest absolute Gasteiger partial charge is 0.335 e. The molecule has 1 fully saturated rings. The highest BCUT2D eigenvalue weighted by Crippen LogP contribution is 2.32. The molecule has 1 aliphatic rings. The number of amides is 4. The lowest BCUT2D eigenvalue weighted by Crippen LogP contribution is -2.54. The van der Waals surface area contributed by atoms with E-state index in [0.717, 1.165) is 27.2 Å². The van der Waals surface area contributed by atoms with Crippen LogP contribution in [0.4, 0.5) is 10.5 Å². The van der Waals surface area contributed by atoms with Crippen molar-refractivity contribution >= 4 is 52.8 Å². The number of hydrogen-bond donors (Lipinski definition) is 1. The molecule has 0 saturated carbocycles. The average Bonchev–Trinajstić information content (AvgIpc) is 2.99. The summed E-state index contributed by atoms with van der Waals surface area (Å²) in [5.74, 6) is -0.0873. The first-order chi connectivity index (χ1) is 21.6. The van der Waals surface area contributed by atoms with Gasteiger partial charge >= 0.3 is 6.03 Å². The maximum atomic E-state index is 13.5. The number of nitrogens with one attached hydrogen (secondary N) is 1. The molecule has 230 valence electrons. The highest BCUT2D eigenvalue weighted by atomic mass is 35.5. The number of anilines is 1. The zero-order chi connectivity index (χ0) is 32.1. The van der Waals surface area contributed by atoms with Crippen LogP contribution in [0.25, 0.3) is 6.08 Å². The molecule has 0 unspecified atom stereocenters. The van der Waals surface area contributed by atoms with Gasteiger partial charge in [-0.3, -0.25) is 14.9 Å². The highest BCUT2D eigenvalue weighted by Gasteiger charge is 2.36. The van der Waals surface area contributed by atoms with Crippen LogP contribution < -0.4 is 24.4 Å². The zero-order valence-electron chi connectivity index (χ0n) is 24.9. The summed E-state index contributed by atoms with van der Waals surface area (Å²) in [6.45, 7) is 6.84. The number of hydrogen-bond acceptors (Lipinski definition) is 6. The molecule has 0 bridgehead atoms. The van der Waals surface area contributed by atoms with E-state index in [9.17, 15) is 14.4 Å². The molecule has 0 atom stereocenters. The van der Waals surface area contributed by atoms with Gasteiger partial charge < -0.3 is 14.2 Å². The van der Waals surface area contributed by atoms with E-state index in [0.29, 0.717) is 46.1 Å². The van der Waals surface area contributed by atoms with Crippen LogP contribution >= 0.6 is 23.2 Å². The van der Waals surface area contributed by atoms with Crippen LogP contribution in [0, 0.1) is 13.8 Å². The number of urea groups is 1. The lowest BCUT2D eigenvalue weighted by atomic mass is 10.1. The van der Waals surface area contributed by atoms with Crippen LogP contribution in [0.1, 0.15) is 34.7 Å². The maximum absolute atomic E-state index is 13.5. The summed E-state index contributed by atoms with van der Waals surface area (Å²) in [7, 11) is 0. The zero-order valence-corrected chi connectivity index (χ0v) is 26.4. The molecule has 4 aromatic carbocycles. The number of carbonyl (C=O) groups excluding carboxylic acids is 3. The molecule has 0 aliphatic carbocycles. The number of barbiturate groups is 1. The molecule has 1 N–H and O–H groups in total. The van der Waals surface area contributed by atoms with Gasteiger partial charge in [0, 0.05) is 15.6 Å². The van der Waals surface area contributed by atoms with Crippen molar-refractivity contribution < 1.29 is 28.6 Å². The van der Waals surface area contributed by atoms with E-state index in [-0.39, 0.29) is 17.9 Å². The van der Waals surface area contributed by atoms with Crippen molar-refractivity contribution in [2.75, 3.05) is 11.5 Å². The second kappa shape index (κ2) is 13.9. The Morgan fingerprint density at radius 1 is 0.778 bits per heavy atom. The number of benzene rings is 4.